The second-order valence-electron chi connectivity index (χ2n) is 7.45. The topological polar surface area (TPSA) is 88.2 Å². The van der Waals surface area contributed by atoms with Crippen LogP contribution in [0.2, 0.25) is 0 Å². The van der Waals surface area contributed by atoms with Gasteiger partial charge in [0, 0.05) is 6.07 Å². The number of aromatic nitrogens is 4. The zero-order valence-corrected chi connectivity index (χ0v) is 16.4. The number of rotatable bonds is 4. The standard InChI is InChI=1S/C23H19N5O2/c1-15-10-22(30)28-21-9-5-4-8-20(21)27(23(28)17(15)11-24)13-16(29)12-26-14-25-18-6-2-3-7-19(18)26/h2-10,14,16,29H,12-13H2,1H3/t16-/m1/s1. The van der Waals surface area contributed by atoms with Gasteiger partial charge in [-0.3, -0.25) is 9.20 Å². The zero-order chi connectivity index (χ0) is 20.8. The molecule has 148 valence electrons. The van der Waals surface area contributed by atoms with Crippen LogP contribution in [-0.2, 0) is 13.1 Å². The minimum absolute atomic E-state index is 0.188. The highest BCUT2D eigenvalue weighted by atomic mass is 16.3. The molecule has 3 aromatic heterocycles. The van der Waals surface area contributed by atoms with Crippen LogP contribution in [0.3, 0.4) is 0 Å². The molecule has 0 radical (unpaired) electrons. The van der Waals surface area contributed by atoms with Crippen molar-refractivity contribution in [1.82, 2.24) is 18.5 Å². The van der Waals surface area contributed by atoms with E-state index in [2.05, 4.69) is 11.1 Å². The molecule has 2 aromatic carbocycles. The molecule has 1 atom stereocenters. The normalized spacial score (nSPS) is 12.6. The second-order valence-corrected chi connectivity index (χ2v) is 7.45. The Hall–Kier alpha value is -3.89. The van der Waals surface area contributed by atoms with E-state index in [1.54, 1.807) is 17.7 Å². The van der Waals surface area contributed by atoms with Gasteiger partial charge in [0.25, 0.3) is 5.56 Å². The number of hydrogen-bond donors (Lipinski definition) is 1. The van der Waals surface area contributed by atoms with Gasteiger partial charge in [-0.15, -0.1) is 0 Å². The van der Waals surface area contributed by atoms with E-state index in [0.717, 1.165) is 16.6 Å². The van der Waals surface area contributed by atoms with E-state index < -0.39 is 6.10 Å². The number of imidazole rings is 2. The van der Waals surface area contributed by atoms with Gasteiger partial charge in [-0.05, 0) is 36.8 Å². The van der Waals surface area contributed by atoms with Crippen LogP contribution in [0.5, 0.6) is 0 Å². The van der Waals surface area contributed by atoms with Crippen LogP contribution in [0, 0.1) is 18.3 Å². The number of benzene rings is 2. The predicted octanol–water partition coefficient (Wildman–Crippen LogP) is 2.85. The fourth-order valence-corrected chi connectivity index (χ4v) is 4.17. The van der Waals surface area contributed by atoms with Gasteiger partial charge in [-0.25, -0.2) is 4.98 Å². The number of nitriles is 1. The van der Waals surface area contributed by atoms with Crippen LogP contribution < -0.4 is 5.56 Å². The summed E-state index contributed by atoms with van der Waals surface area (Å²) < 4.78 is 5.34. The number of pyridine rings is 1. The van der Waals surface area contributed by atoms with E-state index in [1.165, 1.54) is 6.07 Å². The third-order valence-corrected chi connectivity index (χ3v) is 5.50. The largest absolute Gasteiger partial charge is 0.389 e. The summed E-state index contributed by atoms with van der Waals surface area (Å²) in [6.45, 7) is 2.34. The van der Waals surface area contributed by atoms with Crippen molar-refractivity contribution in [1.29, 1.82) is 5.26 Å². The Labute approximate surface area is 171 Å². The first-order chi connectivity index (χ1) is 14.6. The molecule has 0 amide bonds. The van der Waals surface area contributed by atoms with Crippen molar-refractivity contribution in [2.24, 2.45) is 0 Å². The minimum atomic E-state index is -0.746. The SMILES string of the molecule is Cc1cc(=O)n2c3ccccc3n(C[C@H](O)Cn3cnc4ccccc43)c2c1C#N. The molecule has 0 fully saturated rings. The molecule has 0 unspecified atom stereocenters. The number of aliphatic hydroxyl groups is 1. The van der Waals surface area contributed by atoms with Crippen molar-refractivity contribution in [3.63, 3.8) is 0 Å². The van der Waals surface area contributed by atoms with E-state index in [-0.39, 0.29) is 12.1 Å². The summed E-state index contributed by atoms with van der Waals surface area (Å²) >= 11 is 0. The van der Waals surface area contributed by atoms with Gasteiger partial charge < -0.3 is 14.2 Å². The first-order valence-corrected chi connectivity index (χ1v) is 9.70. The summed E-state index contributed by atoms with van der Waals surface area (Å²) in [7, 11) is 0. The molecule has 0 saturated carbocycles. The summed E-state index contributed by atoms with van der Waals surface area (Å²) in [5.41, 5.74) is 4.72. The summed E-state index contributed by atoms with van der Waals surface area (Å²) in [5.74, 6) is 0. The van der Waals surface area contributed by atoms with Crippen LogP contribution in [0.25, 0.3) is 27.7 Å². The molecule has 0 spiro atoms. The van der Waals surface area contributed by atoms with Crippen LogP contribution in [0.4, 0.5) is 0 Å². The number of fused-ring (bicyclic) bond motifs is 4. The van der Waals surface area contributed by atoms with Crippen molar-refractivity contribution >= 4 is 27.7 Å². The molecule has 0 saturated heterocycles. The highest BCUT2D eigenvalue weighted by molar-refractivity contribution is 5.84. The van der Waals surface area contributed by atoms with Crippen LogP contribution in [0.15, 0.2) is 65.7 Å². The molecule has 0 aliphatic rings. The van der Waals surface area contributed by atoms with Crippen molar-refractivity contribution in [2.45, 2.75) is 26.1 Å². The summed E-state index contributed by atoms with van der Waals surface area (Å²) in [4.78, 5) is 17.1. The molecule has 7 heteroatoms. The van der Waals surface area contributed by atoms with Gasteiger partial charge in [0.2, 0.25) is 0 Å². The Bertz CT molecular complexity index is 1520. The summed E-state index contributed by atoms with van der Waals surface area (Å²) in [5, 5.41) is 20.7. The van der Waals surface area contributed by atoms with Crippen molar-refractivity contribution in [3.8, 4) is 6.07 Å². The lowest BCUT2D eigenvalue weighted by Crippen LogP contribution is -2.23. The van der Waals surface area contributed by atoms with E-state index in [1.807, 2.05) is 57.7 Å². The zero-order valence-electron chi connectivity index (χ0n) is 16.4. The molecule has 0 bridgehead atoms. The number of aliphatic hydroxyl groups excluding tert-OH is 1. The molecule has 3 heterocycles. The number of aryl methyl sites for hydroxylation is 1. The third-order valence-electron chi connectivity index (χ3n) is 5.50. The maximum atomic E-state index is 12.7. The van der Waals surface area contributed by atoms with E-state index in [4.69, 9.17) is 0 Å². The first-order valence-electron chi connectivity index (χ1n) is 9.70. The fraction of sp³-hybridized carbons (Fsp3) is 0.174. The lowest BCUT2D eigenvalue weighted by Gasteiger charge is -2.15. The van der Waals surface area contributed by atoms with Crippen LogP contribution in [0.1, 0.15) is 11.1 Å². The molecule has 1 N–H and O–H groups in total. The minimum Gasteiger partial charge on any atom is -0.389 e. The highest BCUT2D eigenvalue weighted by Gasteiger charge is 2.19. The van der Waals surface area contributed by atoms with Crippen molar-refractivity contribution in [2.75, 3.05) is 0 Å². The monoisotopic (exact) mass is 397 g/mol. The molecule has 7 nitrogen and oxygen atoms in total. The molecular formula is C23H19N5O2. The lowest BCUT2D eigenvalue weighted by molar-refractivity contribution is 0.138. The highest BCUT2D eigenvalue weighted by Crippen LogP contribution is 2.24. The molecule has 5 rings (SSSR count). The average Bonchev–Trinajstić information content (AvgIpc) is 3.29. The Balaban J connectivity index is 1.64. The van der Waals surface area contributed by atoms with Gasteiger partial charge in [-0.1, -0.05) is 24.3 Å². The van der Waals surface area contributed by atoms with Gasteiger partial charge in [0.15, 0.2) is 0 Å². The van der Waals surface area contributed by atoms with E-state index in [0.29, 0.717) is 28.8 Å². The van der Waals surface area contributed by atoms with Crippen LogP contribution in [-0.4, -0.2) is 29.7 Å². The average molecular weight is 397 g/mol. The maximum Gasteiger partial charge on any atom is 0.257 e. The molecule has 30 heavy (non-hydrogen) atoms. The van der Waals surface area contributed by atoms with E-state index in [9.17, 15) is 15.2 Å². The Kier molecular flexibility index (Phi) is 4.16. The van der Waals surface area contributed by atoms with Crippen LogP contribution >= 0.6 is 0 Å². The molecule has 0 aliphatic carbocycles. The first kappa shape index (κ1) is 18.2. The Morgan fingerprint density at radius 3 is 2.53 bits per heavy atom. The van der Waals surface area contributed by atoms with Crippen molar-refractivity contribution in [3.05, 3.63) is 82.4 Å². The number of hydrogen-bond acceptors (Lipinski definition) is 4. The lowest BCUT2D eigenvalue weighted by atomic mass is 10.1. The third kappa shape index (κ3) is 2.70. The maximum absolute atomic E-state index is 12.7. The molecule has 0 aliphatic heterocycles. The Morgan fingerprint density at radius 2 is 1.77 bits per heavy atom. The van der Waals surface area contributed by atoms with Gasteiger partial charge in [0.1, 0.15) is 11.7 Å². The predicted molar refractivity (Wildman–Crippen MR) is 114 cm³/mol. The summed E-state index contributed by atoms with van der Waals surface area (Å²) in [6.07, 6.45) is 0.971. The fourth-order valence-electron chi connectivity index (χ4n) is 4.17. The number of para-hydroxylation sites is 4. The van der Waals surface area contributed by atoms with Crippen molar-refractivity contribution < 1.29 is 5.11 Å². The Morgan fingerprint density at radius 1 is 1.07 bits per heavy atom. The quantitative estimate of drug-likeness (QED) is 0.505. The van der Waals surface area contributed by atoms with E-state index >= 15 is 0 Å². The van der Waals surface area contributed by atoms with Gasteiger partial charge in [0.05, 0.1) is 53.2 Å². The van der Waals surface area contributed by atoms with Gasteiger partial charge >= 0.3 is 0 Å². The smallest absolute Gasteiger partial charge is 0.257 e. The second kappa shape index (κ2) is 6.87. The van der Waals surface area contributed by atoms with Gasteiger partial charge in [-0.2, -0.15) is 5.26 Å². The number of nitrogens with zero attached hydrogens (tertiary/aromatic N) is 5. The molecule has 5 aromatic rings. The summed E-state index contributed by atoms with van der Waals surface area (Å²) in [6, 6.07) is 19.0. The molecular weight excluding hydrogens is 378 g/mol.